The minimum atomic E-state index is -0.407. The third kappa shape index (κ3) is 2.86. The van der Waals surface area contributed by atoms with E-state index < -0.39 is 5.82 Å². The number of aryl methyl sites for hydroxylation is 1. The lowest BCUT2D eigenvalue weighted by atomic mass is 9.92. The van der Waals surface area contributed by atoms with Crippen LogP contribution in [0, 0.1) is 18.7 Å². The maximum absolute atomic E-state index is 14.0. The Morgan fingerprint density at radius 2 is 2.04 bits per heavy atom. The van der Waals surface area contributed by atoms with Gasteiger partial charge < -0.3 is 9.80 Å². The zero-order valence-electron chi connectivity index (χ0n) is 14.2. The number of nitrogens with zero attached hydrogens (tertiary/aromatic N) is 4. The number of hydrogen-bond acceptors (Lipinski definition) is 4. The molecule has 0 N–H and O–H groups in total. The SMILES string of the molecule is Cc1ccccc1C(=O)N1CCC2CCN(c3ncncc3F)CC21. The number of halogens is 1. The number of rotatable bonds is 2. The van der Waals surface area contributed by atoms with Crippen LogP contribution in [0.15, 0.2) is 36.8 Å². The Kier molecular flexibility index (Phi) is 4.11. The average Bonchev–Trinajstić information content (AvgIpc) is 3.05. The molecular formula is C19H21FN4O. The standard InChI is InChI=1S/C19H21FN4O/c1-13-4-2-3-5-15(13)19(25)24-9-7-14-6-8-23(11-17(14)24)18-16(20)10-21-12-22-18/h2-5,10,12,14,17H,6-9,11H2,1H3. The summed E-state index contributed by atoms with van der Waals surface area (Å²) in [5.74, 6) is 0.490. The second-order valence-corrected chi connectivity index (χ2v) is 6.86. The summed E-state index contributed by atoms with van der Waals surface area (Å²) in [5, 5.41) is 0. The van der Waals surface area contributed by atoms with E-state index in [0.29, 0.717) is 18.3 Å². The Morgan fingerprint density at radius 1 is 1.24 bits per heavy atom. The largest absolute Gasteiger partial charge is 0.352 e. The summed E-state index contributed by atoms with van der Waals surface area (Å²) >= 11 is 0. The van der Waals surface area contributed by atoms with Gasteiger partial charge in [0.1, 0.15) is 6.33 Å². The molecule has 1 aromatic heterocycles. The molecular weight excluding hydrogens is 319 g/mol. The van der Waals surface area contributed by atoms with Gasteiger partial charge in [-0.3, -0.25) is 4.79 Å². The van der Waals surface area contributed by atoms with Crippen molar-refractivity contribution >= 4 is 11.7 Å². The molecule has 0 bridgehead atoms. The fourth-order valence-electron chi connectivity index (χ4n) is 4.09. The van der Waals surface area contributed by atoms with E-state index in [1.807, 2.05) is 41.0 Å². The van der Waals surface area contributed by atoms with Crippen molar-refractivity contribution in [3.63, 3.8) is 0 Å². The Morgan fingerprint density at radius 3 is 2.84 bits per heavy atom. The first-order valence-electron chi connectivity index (χ1n) is 8.72. The highest BCUT2D eigenvalue weighted by molar-refractivity contribution is 5.96. The molecule has 25 heavy (non-hydrogen) atoms. The van der Waals surface area contributed by atoms with Gasteiger partial charge in [-0.25, -0.2) is 14.4 Å². The summed E-state index contributed by atoms with van der Waals surface area (Å²) in [4.78, 5) is 24.8. The maximum atomic E-state index is 14.0. The minimum absolute atomic E-state index is 0.0793. The number of piperidine rings is 1. The summed E-state index contributed by atoms with van der Waals surface area (Å²) < 4.78 is 14.0. The Labute approximate surface area is 146 Å². The van der Waals surface area contributed by atoms with E-state index in [2.05, 4.69) is 9.97 Å². The van der Waals surface area contributed by atoms with Crippen molar-refractivity contribution in [2.75, 3.05) is 24.5 Å². The second-order valence-electron chi connectivity index (χ2n) is 6.86. The zero-order chi connectivity index (χ0) is 17.4. The second kappa shape index (κ2) is 6.43. The van der Waals surface area contributed by atoms with Crippen LogP contribution in [-0.2, 0) is 0 Å². The van der Waals surface area contributed by atoms with Gasteiger partial charge in [-0.05, 0) is 37.3 Å². The van der Waals surface area contributed by atoms with Crippen LogP contribution in [0.3, 0.4) is 0 Å². The minimum Gasteiger partial charge on any atom is -0.352 e. The van der Waals surface area contributed by atoms with Crippen LogP contribution in [0.2, 0.25) is 0 Å². The predicted octanol–water partition coefficient (Wildman–Crippen LogP) is 2.67. The van der Waals surface area contributed by atoms with E-state index in [0.717, 1.165) is 37.1 Å². The molecule has 2 unspecified atom stereocenters. The molecule has 2 aliphatic heterocycles. The molecule has 130 valence electrons. The molecule has 5 nitrogen and oxygen atoms in total. The number of benzene rings is 1. The third-order valence-corrected chi connectivity index (χ3v) is 5.45. The Hall–Kier alpha value is -2.50. The fourth-order valence-corrected chi connectivity index (χ4v) is 4.09. The van der Waals surface area contributed by atoms with Gasteiger partial charge in [-0.15, -0.1) is 0 Å². The lowest BCUT2D eigenvalue weighted by Gasteiger charge is -2.39. The monoisotopic (exact) mass is 340 g/mol. The van der Waals surface area contributed by atoms with Crippen LogP contribution in [-0.4, -0.2) is 46.5 Å². The van der Waals surface area contributed by atoms with Crippen molar-refractivity contribution in [3.05, 3.63) is 53.7 Å². The van der Waals surface area contributed by atoms with Crippen LogP contribution < -0.4 is 4.90 Å². The summed E-state index contributed by atoms with van der Waals surface area (Å²) in [7, 11) is 0. The highest BCUT2D eigenvalue weighted by atomic mass is 19.1. The van der Waals surface area contributed by atoms with E-state index in [4.69, 9.17) is 0 Å². The topological polar surface area (TPSA) is 49.3 Å². The number of carbonyl (C=O) groups excluding carboxylic acids is 1. The highest BCUT2D eigenvalue weighted by Gasteiger charge is 2.41. The Balaban J connectivity index is 1.57. The molecule has 4 rings (SSSR count). The summed E-state index contributed by atoms with van der Waals surface area (Å²) in [6.07, 6.45) is 4.53. The van der Waals surface area contributed by atoms with Crippen molar-refractivity contribution in [3.8, 4) is 0 Å². The van der Waals surface area contributed by atoms with Crippen molar-refractivity contribution in [1.29, 1.82) is 0 Å². The van der Waals surface area contributed by atoms with Crippen LogP contribution in [0.5, 0.6) is 0 Å². The summed E-state index contributed by atoms with van der Waals surface area (Å²) in [5.41, 5.74) is 1.75. The van der Waals surface area contributed by atoms with Crippen molar-refractivity contribution < 1.29 is 9.18 Å². The summed E-state index contributed by atoms with van der Waals surface area (Å²) in [6, 6.07) is 7.80. The van der Waals surface area contributed by atoms with Gasteiger partial charge >= 0.3 is 0 Å². The fraction of sp³-hybridized carbons (Fsp3) is 0.421. The van der Waals surface area contributed by atoms with Gasteiger partial charge in [-0.1, -0.05) is 18.2 Å². The van der Waals surface area contributed by atoms with E-state index >= 15 is 0 Å². The molecule has 2 aromatic rings. The molecule has 6 heteroatoms. The summed E-state index contributed by atoms with van der Waals surface area (Å²) in [6.45, 7) is 4.12. The Bertz CT molecular complexity index is 796. The normalized spacial score (nSPS) is 22.8. The first-order valence-corrected chi connectivity index (χ1v) is 8.72. The molecule has 1 aromatic carbocycles. The lowest BCUT2D eigenvalue weighted by molar-refractivity contribution is 0.0711. The highest BCUT2D eigenvalue weighted by Crippen LogP contribution is 2.34. The number of hydrogen-bond donors (Lipinski definition) is 0. The van der Waals surface area contributed by atoms with E-state index in [9.17, 15) is 9.18 Å². The van der Waals surface area contributed by atoms with Crippen molar-refractivity contribution in [2.45, 2.75) is 25.8 Å². The molecule has 3 heterocycles. The van der Waals surface area contributed by atoms with Gasteiger partial charge in [0.25, 0.3) is 5.91 Å². The van der Waals surface area contributed by atoms with Gasteiger partial charge in [0.2, 0.25) is 0 Å². The van der Waals surface area contributed by atoms with E-state index in [1.165, 1.54) is 12.5 Å². The number of likely N-dealkylation sites (tertiary alicyclic amines) is 1. The number of aromatic nitrogens is 2. The lowest BCUT2D eigenvalue weighted by Crippen LogP contribution is -2.50. The van der Waals surface area contributed by atoms with Gasteiger partial charge in [0.05, 0.1) is 12.2 Å². The first-order chi connectivity index (χ1) is 12.1. The number of anilines is 1. The van der Waals surface area contributed by atoms with Crippen LogP contribution in [0.1, 0.15) is 28.8 Å². The molecule has 0 radical (unpaired) electrons. The van der Waals surface area contributed by atoms with Crippen molar-refractivity contribution in [2.24, 2.45) is 5.92 Å². The third-order valence-electron chi connectivity index (χ3n) is 5.45. The zero-order valence-corrected chi connectivity index (χ0v) is 14.2. The molecule has 0 saturated carbocycles. The quantitative estimate of drug-likeness (QED) is 0.843. The molecule has 2 atom stereocenters. The molecule has 0 spiro atoms. The smallest absolute Gasteiger partial charge is 0.254 e. The van der Waals surface area contributed by atoms with Crippen molar-refractivity contribution in [1.82, 2.24) is 14.9 Å². The van der Waals surface area contributed by atoms with E-state index in [-0.39, 0.29) is 11.9 Å². The molecule has 1 amide bonds. The van der Waals surface area contributed by atoms with E-state index in [1.54, 1.807) is 0 Å². The number of fused-ring (bicyclic) bond motifs is 1. The first kappa shape index (κ1) is 16.0. The van der Waals surface area contributed by atoms with Crippen LogP contribution in [0.25, 0.3) is 0 Å². The molecule has 2 saturated heterocycles. The van der Waals surface area contributed by atoms with Gasteiger partial charge in [0.15, 0.2) is 11.6 Å². The predicted molar refractivity (Wildman–Crippen MR) is 92.9 cm³/mol. The van der Waals surface area contributed by atoms with Gasteiger partial charge in [-0.2, -0.15) is 0 Å². The van der Waals surface area contributed by atoms with Gasteiger partial charge in [0, 0.05) is 25.2 Å². The van der Waals surface area contributed by atoms with Crippen LogP contribution >= 0.6 is 0 Å². The maximum Gasteiger partial charge on any atom is 0.254 e. The molecule has 2 aliphatic rings. The number of carbonyl (C=O) groups is 1. The molecule has 2 fully saturated rings. The molecule has 0 aliphatic carbocycles. The van der Waals surface area contributed by atoms with Crippen LogP contribution in [0.4, 0.5) is 10.2 Å². The number of amides is 1. The average molecular weight is 340 g/mol.